The molecule has 0 saturated carbocycles. The Balaban J connectivity index is 1.73. The maximum Gasteiger partial charge on any atom is 0.231 e. The van der Waals surface area contributed by atoms with Gasteiger partial charge in [-0.05, 0) is 42.3 Å². The van der Waals surface area contributed by atoms with Crippen LogP contribution in [-0.2, 0) is 13.0 Å². The van der Waals surface area contributed by atoms with Crippen molar-refractivity contribution in [2.24, 2.45) is 5.73 Å². The molecule has 1 aliphatic heterocycles. The molecule has 0 bridgehead atoms. The van der Waals surface area contributed by atoms with Gasteiger partial charge in [-0.15, -0.1) is 0 Å². The molecule has 7 heteroatoms. The number of halogens is 2. The second-order valence-corrected chi connectivity index (χ2v) is 6.21. The van der Waals surface area contributed by atoms with Gasteiger partial charge in [0.15, 0.2) is 11.5 Å². The molecular weight excluding hydrogens is 330 g/mol. The lowest BCUT2D eigenvalue weighted by Gasteiger charge is -2.34. The van der Waals surface area contributed by atoms with E-state index in [0.29, 0.717) is 23.6 Å². The molecule has 25 heavy (non-hydrogen) atoms. The predicted octanol–water partition coefficient (Wildman–Crippen LogP) is 2.06. The number of aliphatic hydroxyl groups excluding tert-OH is 1. The predicted molar refractivity (Wildman–Crippen MR) is 88.1 cm³/mol. The maximum absolute atomic E-state index is 13.4. The molecule has 1 aliphatic rings. The quantitative estimate of drug-likeness (QED) is 0.695. The molecule has 3 rings (SSSR count). The van der Waals surface area contributed by atoms with E-state index in [0.717, 1.165) is 11.6 Å². The fraction of sp³-hybridized carbons (Fsp3) is 0.333. The van der Waals surface area contributed by atoms with Crippen LogP contribution in [-0.4, -0.2) is 23.7 Å². The largest absolute Gasteiger partial charge is 0.454 e. The molecule has 0 unspecified atom stereocenters. The summed E-state index contributed by atoms with van der Waals surface area (Å²) in [7, 11) is 0. The summed E-state index contributed by atoms with van der Waals surface area (Å²) >= 11 is 0. The molecule has 0 spiro atoms. The van der Waals surface area contributed by atoms with Gasteiger partial charge in [0.05, 0.1) is 11.8 Å². The summed E-state index contributed by atoms with van der Waals surface area (Å²) in [6.45, 7) is 2.06. The highest BCUT2D eigenvalue weighted by molar-refractivity contribution is 5.44. The minimum absolute atomic E-state index is 0.0594. The molecule has 5 nitrogen and oxygen atoms in total. The first-order valence-corrected chi connectivity index (χ1v) is 7.91. The highest BCUT2D eigenvalue weighted by atomic mass is 19.1. The number of nitrogens with two attached hydrogens (primary N) is 1. The molecule has 2 aromatic carbocycles. The zero-order valence-corrected chi connectivity index (χ0v) is 13.8. The normalized spacial score (nSPS) is 16.5. The van der Waals surface area contributed by atoms with E-state index in [2.05, 4.69) is 5.32 Å². The molecule has 2 aromatic rings. The maximum atomic E-state index is 13.4. The number of hydrogen-bond acceptors (Lipinski definition) is 5. The van der Waals surface area contributed by atoms with Crippen molar-refractivity contribution >= 4 is 0 Å². The van der Waals surface area contributed by atoms with Crippen molar-refractivity contribution in [3.63, 3.8) is 0 Å². The summed E-state index contributed by atoms with van der Waals surface area (Å²) in [5.74, 6) is -0.0443. The van der Waals surface area contributed by atoms with Crippen LogP contribution in [0, 0.1) is 11.6 Å². The molecule has 134 valence electrons. The lowest BCUT2D eigenvalue weighted by atomic mass is 9.95. The lowest BCUT2D eigenvalue weighted by molar-refractivity contribution is 0.0756. The highest BCUT2D eigenvalue weighted by Gasteiger charge is 2.31. The van der Waals surface area contributed by atoms with Gasteiger partial charge in [0.1, 0.15) is 11.6 Å². The Labute approximate surface area is 144 Å². The van der Waals surface area contributed by atoms with Crippen LogP contribution >= 0.6 is 0 Å². The number of aliphatic hydroxyl groups is 1. The Morgan fingerprint density at radius 2 is 1.80 bits per heavy atom. The van der Waals surface area contributed by atoms with E-state index in [1.807, 2.05) is 12.1 Å². The third-order valence-electron chi connectivity index (χ3n) is 4.22. The summed E-state index contributed by atoms with van der Waals surface area (Å²) in [5.41, 5.74) is 6.26. The minimum atomic E-state index is -1.25. The summed E-state index contributed by atoms with van der Waals surface area (Å²) in [5, 5.41) is 13.2. The van der Waals surface area contributed by atoms with E-state index in [9.17, 15) is 13.9 Å². The molecule has 0 aromatic heterocycles. The fourth-order valence-corrected chi connectivity index (χ4v) is 2.73. The summed E-state index contributed by atoms with van der Waals surface area (Å²) in [6.07, 6.45) is -0.892. The first-order chi connectivity index (χ1) is 11.9. The van der Waals surface area contributed by atoms with Crippen molar-refractivity contribution in [1.82, 2.24) is 5.32 Å². The van der Waals surface area contributed by atoms with Gasteiger partial charge in [0.25, 0.3) is 0 Å². The highest BCUT2D eigenvalue weighted by Crippen LogP contribution is 2.32. The van der Waals surface area contributed by atoms with E-state index in [-0.39, 0.29) is 13.2 Å². The molecule has 2 atom stereocenters. The zero-order valence-electron chi connectivity index (χ0n) is 13.8. The van der Waals surface area contributed by atoms with Crippen LogP contribution in [0.5, 0.6) is 11.5 Å². The third kappa shape index (κ3) is 4.07. The molecule has 0 amide bonds. The Morgan fingerprint density at radius 3 is 2.48 bits per heavy atom. The molecule has 0 saturated heterocycles. The Morgan fingerprint density at radius 1 is 1.12 bits per heavy atom. The van der Waals surface area contributed by atoms with Gasteiger partial charge in [0, 0.05) is 19.0 Å². The Bertz CT molecular complexity index is 750. The van der Waals surface area contributed by atoms with Gasteiger partial charge in [-0.25, -0.2) is 8.78 Å². The summed E-state index contributed by atoms with van der Waals surface area (Å²) in [4.78, 5) is 0. The number of nitrogens with one attached hydrogen (secondary N) is 1. The monoisotopic (exact) mass is 350 g/mol. The van der Waals surface area contributed by atoms with E-state index >= 15 is 0 Å². The number of hydrogen-bond donors (Lipinski definition) is 3. The van der Waals surface area contributed by atoms with Crippen LogP contribution < -0.4 is 20.5 Å². The van der Waals surface area contributed by atoms with E-state index in [4.69, 9.17) is 15.2 Å². The molecule has 4 N–H and O–H groups in total. The van der Waals surface area contributed by atoms with Crippen molar-refractivity contribution in [3.05, 3.63) is 59.2 Å². The summed E-state index contributed by atoms with van der Waals surface area (Å²) < 4.78 is 37.4. The second kappa shape index (κ2) is 6.95. The first kappa shape index (κ1) is 17.6. The average molecular weight is 350 g/mol. The molecule has 1 heterocycles. The third-order valence-corrected chi connectivity index (χ3v) is 4.22. The van der Waals surface area contributed by atoms with E-state index in [1.54, 1.807) is 6.07 Å². The van der Waals surface area contributed by atoms with Gasteiger partial charge in [-0.1, -0.05) is 6.07 Å². The number of benzene rings is 2. The first-order valence-electron chi connectivity index (χ1n) is 7.91. The molecular formula is C18H20F2N2O3. The molecule has 0 aliphatic carbocycles. The average Bonchev–Trinajstić information content (AvgIpc) is 2.99. The Hall–Kier alpha value is -2.22. The molecule has 0 radical (unpaired) electrons. The number of rotatable bonds is 6. The van der Waals surface area contributed by atoms with Gasteiger partial charge >= 0.3 is 0 Å². The van der Waals surface area contributed by atoms with E-state index in [1.165, 1.54) is 19.1 Å². The second-order valence-electron chi connectivity index (χ2n) is 6.21. The number of fused-ring (bicyclic) bond motifs is 1. The van der Waals surface area contributed by atoms with E-state index < -0.39 is 23.4 Å². The van der Waals surface area contributed by atoms with Gasteiger partial charge in [0.2, 0.25) is 6.79 Å². The zero-order chi connectivity index (χ0) is 18.0. The number of ether oxygens (including phenoxy) is 2. The van der Waals surface area contributed by atoms with Gasteiger partial charge in [-0.2, -0.15) is 0 Å². The van der Waals surface area contributed by atoms with Crippen molar-refractivity contribution in [1.29, 1.82) is 0 Å². The van der Waals surface area contributed by atoms with Crippen LogP contribution in [0.25, 0.3) is 0 Å². The SMILES string of the molecule is C[C@@H](O)[C@](N)(Cc1cc(F)cc(F)c1)NCc1ccc2c(c1)OCO2. The van der Waals surface area contributed by atoms with Crippen molar-refractivity contribution in [2.75, 3.05) is 6.79 Å². The minimum Gasteiger partial charge on any atom is -0.454 e. The van der Waals surface area contributed by atoms with Crippen LogP contribution in [0.1, 0.15) is 18.1 Å². The van der Waals surface area contributed by atoms with Gasteiger partial charge < -0.3 is 20.3 Å². The standard InChI is InChI=1S/C18H20F2N2O3/c1-11(23)18(21,8-13-4-14(19)7-15(20)5-13)22-9-12-2-3-16-17(6-12)25-10-24-16/h2-7,11,22-23H,8-10,21H2,1H3/t11-,18+/m1/s1. The molecule has 0 fully saturated rings. The van der Waals surface area contributed by atoms with Gasteiger partial charge in [-0.3, -0.25) is 5.32 Å². The smallest absolute Gasteiger partial charge is 0.231 e. The van der Waals surface area contributed by atoms with Crippen LogP contribution in [0.3, 0.4) is 0 Å². The summed E-state index contributed by atoms with van der Waals surface area (Å²) in [6, 6.07) is 8.67. The van der Waals surface area contributed by atoms with Crippen molar-refractivity contribution < 1.29 is 23.4 Å². The fourth-order valence-electron chi connectivity index (χ4n) is 2.73. The lowest BCUT2D eigenvalue weighted by Crippen LogP contribution is -2.62. The van der Waals surface area contributed by atoms with Crippen LogP contribution in [0.2, 0.25) is 0 Å². The Kier molecular flexibility index (Phi) is 4.89. The van der Waals surface area contributed by atoms with Crippen molar-refractivity contribution in [3.8, 4) is 11.5 Å². The van der Waals surface area contributed by atoms with Crippen LogP contribution in [0.4, 0.5) is 8.78 Å². The van der Waals surface area contributed by atoms with Crippen LogP contribution in [0.15, 0.2) is 36.4 Å². The van der Waals surface area contributed by atoms with Crippen molar-refractivity contribution in [2.45, 2.75) is 31.7 Å². The topological polar surface area (TPSA) is 76.7 Å².